The summed E-state index contributed by atoms with van der Waals surface area (Å²) in [7, 11) is -1.92. The molecule has 1 aromatic carbocycles. The van der Waals surface area contributed by atoms with Crippen molar-refractivity contribution in [1.82, 2.24) is 9.62 Å². The van der Waals surface area contributed by atoms with E-state index in [1.165, 1.54) is 4.31 Å². The third-order valence-corrected chi connectivity index (χ3v) is 5.84. The van der Waals surface area contributed by atoms with Crippen LogP contribution in [-0.4, -0.2) is 45.4 Å². The molecule has 2 rings (SSSR count). The van der Waals surface area contributed by atoms with E-state index in [2.05, 4.69) is 5.32 Å². The van der Waals surface area contributed by atoms with Crippen molar-refractivity contribution in [2.45, 2.75) is 37.5 Å². The van der Waals surface area contributed by atoms with Crippen molar-refractivity contribution >= 4 is 15.9 Å². The highest BCUT2D eigenvalue weighted by Crippen LogP contribution is 2.27. The zero-order valence-corrected chi connectivity index (χ0v) is 14.5. The maximum atomic E-state index is 12.6. The molecule has 0 aromatic heterocycles. The normalized spacial score (nSPS) is 15.6. The number of hydrogen-bond acceptors (Lipinski definition) is 4. The van der Waals surface area contributed by atoms with Crippen molar-refractivity contribution in [3.63, 3.8) is 0 Å². The van der Waals surface area contributed by atoms with Crippen molar-refractivity contribution in [3.8, 4) is 5.75 Å². The zero-order chi connectivity index (χ0) is 16.9. The minimum absolute atomic E-state index is 0.0534. The van der Waals surface area contributed by atoms with E-state index in [0.29, 0.717) is 38.2 Å². The Morgan fingerprint density at radius 3 is 2.61 bits per heavy atom. The first-order valence-corrected chi connectivity index (χ1v) is 9.36. The lowest BCUT2D eigenvalue weighted by Gasteiger charge is -2.17. The molecular formula is C16H24N2O4S. The van der Waals surface area contributed by atoms with Crippen LogP contribution in [0.2, 0.25) is 0 Å². The second-order valence-corrected chi connectivity index (χ2v) is 7.48. The summed E-state index contributed by atoms with van der Waals surface area (Å²) in [5.74, 6) is 0.553. The van der Waals surface area contributed by atoms with Crippen molar-refractivity contribution in [2.75, 3.05) is 26.7 Å². The maximum Gasteiger partial charge on any atom is 0.243 e. The first-order chi connectivity index (χ1) is 11.0. The lowest BCUT2D eigenvalue weighted by atomic mass is 10.1. The van der Waals surface area contributed by atoms with Crippen LogP contribution in [0.5, 0.6) is 5.75 Å². The quantitative estimate of drug-likeness (QED) is 0.817. The molecule has 1 fully saturated rings. The fourth-order valence-corrected chi connectivity index (χ4v) is 4.29. The molecule has 1 amide bonds. The van der Waals surface area contributed by atoms with Crippen LogP contribution >= 0.6 is 0 Å². The zero-order valence-electron chi connectivity index (χ0n) is 13.7. The van der Waals surface area contributed by atoms with E-state index in [1.54, 1.807) is 25.3 Å². The summed E-state index contributed by atoms with van der Waals surface area (Å²) >= 11 is 0. The number of methoxy groups -OCH3 is 1. The van der Waals surface area contributed by atoms with E-state index in [1.807, 2.05) is 6.92 Å². The molecule has 128 valence electrons. The lowest BCUT2D eigenvalue weighted by molar-refractivity contribution is -0.120. The van der Waals surface area contributed by atoms with Crippen molar-refractivity contribution in [2.24, 2.45) is 0 Å². The van der Waals surface area contributed by atoms with Gasteiger partial charge in [-0.05, 0) is 49.9 Å². The van der Waals surface area contributed by atoms with Gasteiger partial charge in [-0.1, -0.05) is 0 Å². The van der Waals surface area contributed by atoms with Crippen molar-refractivity contribution < 1.29 is 17.9 Å². The molecule has 6 nitrogen and oxygen atoms in total. The molecular weight excluding hydrogens is 316 g/mol. The minimum Gasteiger partial charge on any atom is -0.496 e. The Kier molecular flexibility index (Phi) is 6.01. The number of nitrogens with one attached hydrogen (secondary N) is 1. The van der Waals surface area contributed by atoms with Crippen LogP contribution in [0.25, 0.3) is 0 Å². The highest BCUT2D eigenvalue weighted by Gasteiger charge is 2.27. The van der Waals surface area contributed by atoms with Crippen molar-refractivity contribution in [1.29, 1.82) is 0 Å². The minimum atomic E-state index is -3.46. The Balaban J connectivity index is 2.22. The average molecular weight is 340 g/mol. The Morgan fingerprint density at radius 1 is 1.30 bits per heavy atom. The van der Waals surface area contributed by atoms with Crippen LogP contribution in [0.1, 0.15) is 31.7 Å². The van der Waals surface area contributed by atoms with Gasteiger partial charge in [-0.2, -0.15) is 4.31 Å². The predicted molar refractivity (Wildman–Crippen MR) is 88.0 cm³/mol. The monoisotopic (exact) mass is 340 g/mol. The van der Waals surface area contributed by atoms with Crippen molar-refractivity contribution in [3.05, 3.63) is 23.8 Å². The molecule has 0 saturated carbocycles. The van der Waals surface area contributed by atoms with Crippen LogP contribution in [0, 0.1) is 0 Å². The fraction of sp³-hybridized carbons (Fsp3) is 0.562. The van der Waals surface area contributed by atoms with Crippen LogP contribution in [-0.2, 0) is 21.2 Å². The van der Waals surface area contributed by atoms with Gasteiger partial charge in [-0.15, -0.1) is 0 Å². The summed E-state index contributed by atoms with van der Waals surface area (Å²) in [5, 5.41) is 2.74. The van der Waals surface area contributed by atoms with Crippen LogP contribution in [0.3, 0.4) is 0 Å². The standard InChI is InChI=1S/C16H24N2O4S/c1-3-17-16(19)9-6-13-12-14(7-8-15(13)22-2)23(20,21)18-10-4-5-11-18/h7-8,12H,3-6,9-11H2,1-2H3,(H,17,19). The topological polar surface area (TPSA) is 75.7 Å². The number of carbonyl (C=O) groups is 1. The number of carbonyl (C=O) groups excluding carboxylic acids is 1. The molecule has 0 atom stereocenters. The van der Waals surface area contributed by atoms with Gasteiger partial charge in [0.05, 0.1) is 12.0 Å². The molecule has 1 heterocycles. The van der Waals surface area contributed by atoms with Gasteiger partial charge in [0.1, 0.15) is 5.75 Å². The van der Waals surface area contributed by atoms with Gasteiger partial charge >= 0.3 is 0 Å². The first kappa shape index (κ1) is 17.7. The second-order valence-electron chi connectivity index (χ2n) is 5.54. The largest absolute Gasteiger partial charge is 0.496 e. The number of sulfonamides is 1. The van der Waals surface area contributed by atoms with Crippen LogP contribution < -0.4 is 10.1 Å². The van der Waals surface area contributed by atoms with E-state index in [9.17, 15) is 13.2 Å². The third kappa shape index (κ3) is 4.23. The highest BCUT2D eigenvalue weighted by molar-refractivity contribution is 7.89. The van der Waals surface area contributed by atoms with Crippen LogP contribution in [0.4, 0.5) is 0 Å². The van der Waals surface area contributed by atoms with E-state index < -0.39 is 10.0 Å². The molecule has 0 radical (unpaired) electrons. The average Bonchev–Trinajstić information content (AvgIpc) is 3.08. The number of aryl methyl sites for hydroxylation is 1. The number of benzene rings is 1. The lowest BCUT2D eigenvalue weighted by Crippen LogP contribution is -2.28. The molecule has 1 saturated heterocycles. The molecule has 0 unspecified atom stereocenters. The Bertz CT molecular complexity index is 652. The fourth-order valence-electron chi connectivity index (χ4n) is 2.72. The van der Waals surface area contributed by atoms with E-state index in [-0.39, 0.29) is 10.8 Å². The first-order valence-electron chi connectivity index (χ1n) is 7.92. The Morgan fingerprint density at radius 2 is 2.00 bits per heavy atom. The summed E-state index contributed by atoms with van der Waals surface area (Å²) in [6, 6.07) is 4.86. The third-order valence-electron chi connectivity index (χ3n) is 3.95. The second kappa shape index (κ2) is 7.79. The predicted octanol–water partition coefficient (Wildman–Crippen LogP) is 1.55. The van der Waals surface area contributed by atoms with Gasteiger partial charge in [-0.3, -0.25) is 4.79 Å². The van der Waals surface area contributed by atoms with Gasteiger partial charge in [0.25, 0.3) is 0 Å². The molecule has 1 aromatic rings. The summed E-state index contributed by atoms with van der Waals surface area (Å²) in [5.41, 5.74) is 0.735. The number of rotatable bonds is 7. The van der Waals surface area contributed by atoms with Crippen LogP contribution in [0.15, 0.2) is 23.1 Å². The van der Waals surface area contributed by atoms with E-state index in [4.69, 9.17) is 4.74 Å². The summed E-state index contributed by atoms with van der Waals surface area (Å²) in [6.45, 7) is 3.59. The number of ether oxygens (including phenoxy) is 1. The summed E-state index contributed by atoms with van der Waals surface area (Å²) in [6.07, 6.45) is 2.55. The summed E-state index contributed by atoms with van der Waals surface area (Å²) in [4.78, 5) is 11.9. The molecule has 0 aliphatic carbocycles. The maximum absolute atomic E-state index is 12.6. The molecule has 23 heavy (non-hydrogen) atoms. The summed E-state index contributed by atoms with van der Waals surface area (Å²) < 4.78 is 32.1. The van der Waals surface area contributed by atoms with Gasteiger partial charge in [0.2, 0.25) is 15.9 Å². The molecule has 1 aliphatic rings. The smallest absolute Gasteiger partial charge is 0.243 e. The number of amides is 1. The Labute approximate surface area is 137 Å². The number of nitrogens with zero attached hydrogens (tertiary/aromatic N) is 1. The highest BCUT2D eigenvalue weighted by atomic mass is 32.2. The van der Waals surface area contributed by atoms with Gasteiger partial charge < -0.3 is 10.1 Å². The Hall–Kier alpha value is -1.60. The van der Waals surface area contributed by atoms with Gasteiger partial charge in [0, 0.05) is 26.1 Å². The number of hydrogen-bond donors (Lipinski definition) is 1. The van der Waals surface area contributed by atoms with E-state index in [0.717, 1.165) is 18.4 Å². The molecule has 1 aliphatic heterocycles. The van der Waals surface area contributed by atoms with E-state index >= 15 is 0 Å². The van der Waals surface area contributed by atoms with Gasteiger partial charge in [0.15, 0.2) is 0 Å². The molecule has 0 spiro atoms. The molecule has 0 bridgehead atoms. The SMILES string of the molecule is CCNC(=O)CCc1cc(S(=O)(=O)N2CCCC2)ccc1OC. The van der Waals surface area contributed by atoms with Gasteiger partial charge in [-0.25, -0.2) is 8.42 Å². The molecule has 1 N–H and O–H groups in total. The molecule has 7 heteroatoms.